The number of benzene rings is 3. The molecular weight excluding hydrogens is 488 g/mol. The summed E-state index contributed by atoms with van der Waals surface area (Å²) in [7, 11) is 1.09. The minimum Gasteiger partial charge on any atom is -0.493 e. The molecule has 1 N–H and O–H groups in total. The highest BCUT2D eigenvalue weighted by atomic mass is 32.2. The lowest BCUT2D eigenvalue weighted by atomic mass is 9.77. The molecule has 3 atom stereocenters. The molecule has 1 heterocycles. The van der Waals surface area contributed by atoms with Gasteiger partial charge in [-0.25, -0.2) is 8.42 Å². The monoisotopic (exact) mass is 520 g/mol. The van der Waals surface area contributed by atoms with E-state index in [0.29, 0.717) is 34.4 Å². The van der Waals surface area contributed by atoms with Gasteiger partial charge in [-0.15, -0.1) is 0 Å². The Morgan fingerprint density at radius 3 is 2.27 bits per heavy atom. The second kappa shape index (κ2) is 10.0. The number of sulfonamides is 1. The molecule has 0 bridgehead atoms. The SMILES string of the molecule is CCN(c1ccccc1)S(=O)(=O)c1ccc2c(c1)C1C=CCC1C(c1cc(OC)c(OC)c(OC)c1)N2. The van der Waals surface area contributed by atoms with Crippen molar-refractivity contribution in [2.24, 2.45) is 5.92 Å². The third-order valence-electron chi connectivity index (χ3n) is 7.30. The van der Waals surface area contributed by atoms with Crippen LogP contribution in [-0.2, 0) is 10.0 Å². The summed E-state index contributed by atoms with van der Waals surface area (Å²) in [5, 5.41) is 3.68. The number of fused-ring (bicyclic) bond motifs is 3. The average Bonchev–Trinajstić information content (AvgIpc) is 3.42. The minimum absolute atomic E-state index is 0.0138. The van der Waals surface area contributed by atoms with Crippen LogP contribution < -0.4 is 23.8 Å². The first-order valence-electron chi connectivity index (χ1n) is 12.4. The fourth-order valence-corrected chi connectivity index (χ4v) is 7.07. The van der Waals surface area contributed by atoms with Gasteiger partial charge in [-0.05, 0) is 72.9 Å². The molecule has 0 saturated heterocycles. The third-order valence-corrected chi connectivity index (χ3v) is 9.20. The summed E-state index contributed by atoms with van der Waals surface area (Å²) in [6, 6.07) is 18.6. The highest BCUT2D eigenvalue weighted by Crippen LogP contribution is 2.52. The van der Waals surface area contributed by atoms with Gasteiger partial charge in [-0.1, -0.05) is 30.4 Å². The van der Waals surface area contributed by atoms with Gasteiger partial charge in [0.2, 0.25) is 5.75 Å². The summed E-state index contributed by atoms with van der Waals surface area (Å²) in [4.78, 5) is 0.295. The number of methoxy groups -OCH3 is 3. The van der Waals surface area contributed by atoms with Crippen LogP contribution in [0, 0.1) is 5.92 Å². The zero-order valence-electron chi connectivity index (χ0n) is 21.5. The zero-order valence-corrected chi connectivity index (χ0v) is 22.3. The van der Waals surface area contributed by atoms with Crippen LogP contribution in [0.2, 0.25) is 0 Å². The van der Waals surface area contributed by atoms with Crippen LogP contribution in [0.4, 0.5) is 11.4 Å². The van der Waals surface area contributed by atoms with Crippen LogP contribution in [0.3, 0.4) is 0 Å². The molecule has 3 aromatic rings. The van der Waals surface area contributed by atoms with Crippen molar-refractivity contribution < 1.29 is 22.6 Å². The predicted molar refractivity (Wildman–Crippen MR) is 146 cm³/mol. The molecule has 0 amide bonds. The van der Waals surface area contributed by atoms with E-state index in [2.05, 4.69) is 17.5 Å². The van der Waals surface area contributed by atoms with E-state index >= 15 is 0 Å². The normalized spacial score (nSPS) is 19.9. The Morgan fingerprint density at radius 1 is 0.946 bits per heavy atom. The lowest BCUT2D eigenvalue weighted by Crippen LogP contribution is -2.32. The van der Waals surface area contributed by atoms with Crippen LogP contribution in [0.1, 0.15) is 36.4 Å². The van der Waals surface area contributed by atoms with Crippen molar-refractivity contribution in [1.82, 2.24) is 0 Å². The van der Waals surface area contributed by atoms with Crippen molar-refractivity contribution in [3.05, 3.63) is 83.9 Å². The maximum Gasteiger partial charge on any atom is 0.264 e. The first-order valence-corrected chi connectivity index (χ1v) is 13.8. The first kappa shape index (κ1) is 25.0. The molecule has 0 saturated carbocycles. The Balaban J connectivity index is 1.54. The lowest BCUT2D eigenvalue weighted by molar-refractivity contribution is 0.322. The van der Waals surface area contributed by atoms with E-state index in [4.69, 9.17) is 14.2 Å². The fourth-order valence-electron chi connectivity index (χ4n) is 5.56. The Bertz CT molecular complexity index is 1400. The molecule has 1 aliphatic heterocycles. The third kappa shape index (κ3) is 4.29. The molecule has 1 aliphatic carbocycles. The molecule has 194 valence electrons. The number of anilines is 2. The number of ether oxygens (including phenoxy) is 3. The number of hydrogen-bond donors (Lipinski definition) is 1. The summed E-state index contributed by atoms with van der Waals surface area (Å²) < 4.78 is 45.5. The summed E-state index contributed by atoms with van der Waals surface area (Å²) in [5.41, 5.74) is 3.60. The molecule has 0 fully saturated rings. The first-order chi connectivity index (χ1) is 17.9. The lowest BCUT2D eigenvalue weighted by Gasteiger charge is -2.38. The largest absolute Gasteiger partial charge is 0.493 e. The molecule has 0 spiro atoms. The van der Waals surface area contributed by atoms with E-state index in [1.165, 1.54) is 4.31 Å². The van der Waals surface area contributed by atoms with Crippen molar-refractivity contribution in [3.63, 3.8) is 0 Å². The number of nitrogens with one attached hydrogen (secondary N) is 1. The van der Waals surface area contributed by atoms with Gasteiger partial charge < -0.3 is 19.5 Å². The van der Waals surface area contributed by atoms with Gasteiger partial charge in [-0.2, -0.15) is 0 Å². The zero-order chi connectivity index (χ0) is 26.2. The molecule has 0 radical (unpaired) electrons. The number of allylic oxidation sites excluding steroid dienone is 2. The molecule has 37 heavy (non-hydrogen) atoms. The molecule has 7 nitrogen and oxygen atoms in total. The van der Waals surface area contributed by atoms with Crippen LogP contribution in [-0.4, -0.2) is 36.3 Å². The van der Waals surface area contributed by atoms with Crippen LogP contribution in [0.15, 0.2) is 77.7 Å². The van der Waals surface area contributed by atoms with Gasteiger partial charge in [0.1, 0.15) is 0 Å². The van der Waals surface area contributed by atoms with Gasteiger partial charge in [-0.3, -0.25) is 4.31 Å². The molecule has 2 aliphatic rings. The van der Waals surface area contributed by atoms with Gasteiger partial charge in [0.15, 0.2) is 11.5 Å². The Hall–Kier alpha value is -3.65. The van der Waals surface area contributed by atoms with Gasteiger partial charge in [0, 0.05) is 18.2 Å². The van der Waals surface area contributed by atoms with Gasteiger partial charge >= 0.3 is 0 Å². The summed E-state index contributed by atoms with van der Waals surface area (Å²) in [6.45, 7) is 2.19. The van der Waals surface area contributed by atoms with Crippen LogP contribution >= 0.6 is 0 Å². The minimum atomic E-state index is -3.72. The highest BCUT2D eigenvalue weighted by Gasteiger charge is 2.39. The summed E-state index contributed by atoms with van der Waals surface area (Å²) in [6.07, 6.45) is 5.25. The second-order valence-corrected chi connectivity index (χ2v) is 11.1. The smallest absolute Gasteiger partial charge is 0.264 e. The van der Waals surface area contributed by atoms with Crippen LogP contribution in [0.25, 0.3) is 0 Å². The van der Waals surface area contributed by atoms with Crippen molar-refractivity contribution in [2.75, 3.05) is 37.5 Å². The van der Waals surface area contributed by atoms with E-state index in [0.717, 1.165) is 23.2 Å². The van der Waals surface area contributed by atoms with Gasteiger partial charge in [0.25, 0.3) is 10.0 Å². The highest BCUT2D eigenvalue weighted by molar-refractivity contribution is 7.92. The molecule has 3 unspecified atom stereocenters. The van der Waals surface area contributed by atoms with E-state index in [1.807, 2.05) is 61.5 Å². The van der Waals surface area contributed by atoms with Crippen molar-refractivity contribution in [3.8, 4) is 17.2 Å². The van der Waals surface area contributed by atoms with E-state index in [9.17, 15) is 8.42 Å². The molecule has 5 rings (SSSR count). The standard InChI is InChI=1S/C29H32N2O5S/c1-5-31(20-10-7-6-8-11-20)37(32,33)21-14-15-25-24(18-21)22-12-9-13-23(22)28(30-25)19-16-26(34-2)29(36-4)27(17-19)35-3/h6-12,14-18,22-23,28,30H,5,13H2,1-4H3. The number of nitrogens with zero attached hydrogens (tertiary/aromatic N) is 1. The summed E-state index contributed by atoms with van der Waals surface area (Å²) >= 11 is 0. The number of para-hydroxylation sites is 1. The molecular formula is C29H32N2O5S. The van der Waals surface area contributed by atoms with Gasteiger partial charge in [0.05, 0.1) is 38.0 Å². The maximum atomic E-state index is 13.7. The summed E-state index contributed by atoms with van der Waals surface area (Å²) in [5.74, 6) is 2.06. The fraction of sp³-hybridized carbons (Fsp3) is 0.310. The Morgan fingerprint density at radius 2 is 1.65 bits per heavy atom. The topological polar surface area (TPSA) is 77.1 Å². The number of rotatable bonds is 8. The van der Waals surface area contributed by atoms with Crippen LogP contribution in [0.5, 0.6) is 17.2 Å². The predicted octanol–water partition coefficient (Wildman–Crippen LogP) is 5.75. The average molecular weight is 521 g/mol. The van der Waals surface area contributed by atoms with Crippen molar-refractivity contribution in [1.29, 1.82) is 0 Å². The Labute approximate surface area is 218 Å². The molecule has 8 heteroatoms. The quantitative estimate of drug-likeness (QED) is 0.381. The van der Waals surface area contributed by atoms with E-state index in [1.54, 1.807) is 27.4 Å². The number of hydrogen-bond acceptors (Lipinski definition) is 6. The molecule has 3 aromatic carbocycles. The Kier molecular flexibility index (Phi) is 6.77. The van der Waals surface area contributed by atoms with E-state index in [-0.39, 0.29) is 17.9 Å². The van der Waals surface area contributed by atoms with Crippen molar-refractivity contribution in [2.45, 2.75) is 30.2 Å². The second-order valence-electron chi connectivity index (χ2n) is 9.19. The van der Waals surface area contributed by atoms with Crippen molar-refractivity contribution >= 4 is 21.4 Å². The maximum absolute atomic E-state index is 13.7. The van der Waals surface area contributed by atoms with E-state index < -0.39 is 10.0 Å². The molecule has 0 aromatic heterocycles.